The molecule has 3 nitrogen and oxygen atoms in total. The van der Waals surface area contributed by atoms with Crippen LogP contribution in [0.2, 0.25) is 0 Å². The van der Waals surface area contributed by atoms with Crippen molar-refractivity contribution < 1.29 is 9.90 Å². The van der Waals surface area contributed by atoms with Gasteiger partial charge in [-0.05, 0) is 32.4 Å². The molecule has 0 aliphatic rings. The van der Waals surface area contributed by atoms with Crippen LogP contribution in [-0.2, 0) is 4.79 Å². The van der Waals surface area contributed by atoms with E-state index in [1.807, 2.05) is 0 Å². The first-order valence-electron chi connectivity index (χ1n) is 4.18. The number of carbonyl (C=O) groups excluding carboxylic acids is 1. The van der Waals surface area contributed by atoms with E-state index in [-0.39, 0.29) is 6.42 Å². The molecule has 0 saturated carbocycles. The van der Waals surface area contributed by atoms with Crippen LogP contribution in [0.15, 0.2) is 0 Å². The number of unbranched alkanes of at least 4 members (excludes halogenated alkanes) is 1. The van der Waals surface area contributed by atoms with Gasteiger partial charge in [-0.1, -0.05) is 13.3 Å². The highest BCUT2D eigenvalue weighted by Gasteiger charge is 1.87. The number of hydrogen-bond acceptors (Lipinski definition) is 3. The maximum Gasteiger partial charge on any atom is 0.0414 e. The lowest BCUT2D eigenvalue weighted by Gasteiger charge is -2.03. The van der Waals surface area contributed by atoms with Crippen LogP contribution in [0.1, 0.15) is 32.6 Å². The molecule has 0 atom stereocenters. The van der Waals surface area contributed by atoms with Gasteiger partial charge < -0.3 is 15.2 Å². The molecule has 0 heterocycles. The highest BCUT2D eigenvalue weighted by atomic mass is 16.4. The first-order chi connectivity index (χ1) is 5.27. The molecule has 0 aromatic rings. The van der Waals surface area contributed by atoms with Crippen LogP contribution in [0.3, 0.4) is 0 Å². The van der Waals surface area contributed by atoms with Crippen molar-refractivity contribution in [2.24, 2.45) is 0 Å². The molecule has 11 heavy (non-hydrogen) atoms. The minimum absolute atomic E-state index is 0.166. The largest absolute Gasteiger partial charge is 0.550 e. The average Bonchev–Trinajstić information content (AvgIpc) is 1.96. The molecule has 0 bridgehead atoms. The van der Waals surface area contributed by atoms with E-state index in [0.29, 0.717) is 6.42 Å². The number of aliphatic carboxylic acids is 1. The summed E-state index contributed by atoms with van der Waals surface area (Å²) in [5, 5.41) is 13.1. The minimum Gasteiger partial charge on any atom is -0.550 e. The van der Waals surface area contributed by atoms with Gasteiger partial charge in [-0.3, -0.25) is 0 Å². The van der Waals surface area contributed by atoms with E-state index >= 15 is 0 Å². The third kappa shape index (κ3) is 9.43. The Hall–Kier alpha value is -0.570. The lowest BCUT2D eigenvalue weighted by atomic mass is 10.3. The molecule has 0 amide bonds. The fourth-order valence-electron chi connectivity index (χ4n) is 0.785. The van der Waals surface area contributed by atoms with E-state index in [0.717, 1.165) is 19.5 Å². The highest BCUT2D eigenvalue weighted by Crippen LogP contribution is 1.86. The van der Waals surface area contributed by atoms with E-state index in [1.54, 1.807) is 0 Å². The Labute approximate surface area is 67.8 Å². The summed E-state index contributed by atoms with van der Waals surface area (Å²) in [4.78, 5) is 9.95. The zero-order chi connectivity index (χ0) is 8.53. The molecule has 0 aliphatic heterocycles. The second kappa shape index (κ2) is 7.54. The first kappa shape index (κ1) is 10.4. The monoisotopic (exact) mass is 158 g/mol. The second-order valence-electron chi connectivity index (χ2n) is 2.58. The minimum atomic E-state index is -0.956. The van der Waals surface area contributed by atoms with Crippen LogP contribution in [0.25, 0.3) is 0 Å². The van der Waals surface area contributed by atoms with Crippen molar-refractivity contribution in [1.29, 1.82) is 0 Å². The Balaban J connectivity index is 2.85. The van der Waals surface area contributed by atoms with Crippen LogP contribution >= 0.6 is 0 Å². The third-order valence-corrected chi connectivity index (χ3v) is 1.44. The van der Waals surface area contributed by atoms with Gasteiger partial charge in [-0.15, -0.1) is 0 Å². The number of hydrogen-bond donors (Lipinski definition) is 1. The molecule has 1 N–H and O–H groups in total. The van der Waals surface area contributed by atoms with Crippen LogP contribution in [0, 0.1) is 0 Å². The summed E-state index contributed by atoms with van der Waals surface area (Å²) in [5.41, 5.74) is 0. The van der Waals surface area contributed by atoms with Crippen molar-refractivity contribution in [2.75, 3.05) is 13.1 Å². The van der Waals surface area contributed by atoms with E-state index in [9.17, 15) is 9.90 Å². The summed E-state index contributed by atoms with van der Waals surface area (Å²) in [6, 6.07) is 0. The smallest absolute Gasteiger partial charge is 0.0414 e. The fourth-order valence-corrected chi connectivity index (χ4v) is 0.785. The maximum atomic E-state index is 9.95. The fraction of sp³-hybridized carbons (Fsp3) is 0.875. The summed E-state index contributed by atoms with van der Waals surface area (Å²) in [6.45, 7) is 3.90. The molecule has 0 fully saturated rings. The zero-order valence-corrected chi connectivity index (χ0v) is 7.06. The molecule has 3 heteroatoms. The van der Waals surface area contributed by atoms with Gasteiger partial charge in [0.15, 0.2) is 0 Å². The van der Waals surface area contributed by atoms with E-state index in [4.69, 9.17) is 0 Å². The predicted molar refractivity (Wildman–Crippen MR) is 42.0 cm³/mol. The molecule has 0 aromatic carbocycles. The normalized spacial score (nSPS) is 9.91. The SMILES string of the molecule is CCCCNCCCC(=O)[O-]. The Morgan fingerprint density at radius 2 is 2.00 bits per heavy atom. The topological polar surface area (TPSA) is 52.2 Å². The number of carbonyl (C=O) groups is 1. The quantitative estimate of drug-likeness (QED) is 0.527. The molecule has 0 spiro atoms. The molecule has 0 aliphatic carbocycles. The number of carboxylic acids is 1. The lowest BCUT2D eigenvalue weighted by Crippen LogP contribution is -2.24. The molecule has 0 aromatic heterocycles. The molecular formula is C8H16NO2-. The van der Waals surface area contributed by atoms with Gasteiger partial charge in [0, 0.05) is 5.97 Å². The summed E-state index contributed by atoms with van der Waals surface area (Å²) >= 11 is 0. The van der Waals surface area contributed by atoms with Gasteiger partial charge in [0.2, 0.25) is 0 Å². The lowest BCUT2D eigenvalue weighted by molar-refractivity contribution is -0.305. The Morgan fingerprint density at radius 1 is 1.36 bits per heavy atom. The van der Waals surface area contributed by atoms with Gasteiger partial charge >= 0.3 is 0 Å². The molecule has 0 rings (SSSR count). The molecule has 0 unspecified atom stereocenters. The molecule has 66 valence electrons. The van der Waals surface area contributed by atoms with Gasteiger partial charge in [-0.2, -0.15) is 0 Å². The van der Waals surface area contributed by atoms with E-state index in [1.165, 1.54) is 6.42 Å². The number of rotatable bonds is 7. The van der Waals surface area contributed by atoms with Crippen LogP contribution in [0.5, 0.6) is 0 Å². The van der Waals surface area contributed by atoms with Crippen molar-refractivity contribution in [3.8, 4) is 0 Å². The standard InChI is InChI=1S/C8H17NO2/c1-2-3-6-9-7-4-5-8(10)11/h9H,2-7H2,1H3,(H,10,11)/p-1. The zero-order valence-electron chi connectivity index (χ0n) is 7.06. The van der Waals surface area contributed by atoms with Crippen molar-refractivity contribution in [2.45, 2.75) is 32.6 Å². The van der Waals surface area contributed by atoms with Crippen molar-refractivity contribution in [3.63, 3.8) is 0 Å². The van der Waals surface area contributed by atoms with Crippen molar-refractivity contribution in [3.05, 3.63) is 0 Å². The van der Waals surface area contributed by atoms with Crippen LogP contribution < -0.4 is 10.4 Å². The first-order valence-corrected chi connectivity index (χ1v) is 4.18. The van der Waals surface area contributed by atoms with Gasteiger partial charge in [0.05, 0.1) is 0 Å². The maximum absolute atomic E-state index is 9.95. The summed E-state index contributed by atoms with van der Waals surface area (Å²) in [7, 11) is 0. The number of nitrogens with one attached hydrogen (secondary N) is 1. The van der Waals surface area contributed by atoms with Gasteiger partial charge in [-0.25, -0.2) is 0 Å². The molecule has 0 saturated heterocycles. The van der Waals surface area contributed by atoms with Crippen molar-refractivity contribution in [1.82, 2.24) is 5.32 Å². The van der Waals surface area contributed by atoms with Crippen LogP contribution in [0.4, 0.5) is 0 Å². The van der Waals surface area contributed by atoms with Gasteiger partial charge in [0.25, 0.3) is 0 Å². The summed E-state index contributed by atoms with van der Waals surface area (Å²) < 4.78 is 0. The summed E-state index contributed by atoms with van der Waals surface area (Å²) in [6.07, 6.45) is 3.17. The van der Waals surface area contributed by atoms with E-state index < -0.39 is 5.97 Å². The third-order valence-electron chi connectivity index (χ3n) is 1.44. The Morgan fingerprint density at radius 3 is 2.55 bits per heavy atom. The Kier molecular flexibility index (Phi) is 7.15. The predicted octanol–water partition coefficient (Wildman–Crippen LogP) is -0.0938. The Bertz CT molecular complexity index is 104. The average molecular weight is 158 g/mol. The van der Waals surface area contributed by atoms with E-state index in [2.05, 4.69) is 12.2 Å². The van der Waals surface area contributed by atoms with Crippen molar-refractivity contribution >= 4 is 5.97 Å². The van der Waals surface area contributed by atoms with Crippen LogP contribution in [-0.4, -0.2) is 19.1 Å². The summed E-state index contributed by atoms with van der Waals surface area (Å²) in [5.74, 6) is -0.956. The second-order valence-corrected chi connectivity index (χ2v) is 2.58. The van der Waals surface area contributed by atoms with Gasteiger partial charge in [0.1, 0.15) is 0 Å². The molecule has 0 radical (unpaired) electrons. The highest BCUT2D eigenvalue weighted by molar-refractivity contribution is 5.64. The number of carboxylic acid groups (broad SMARTS) is 1. The molecular weight excluding hydrogens is 142 g/mol.